The van der Waals surface area contributed by atoms with Crippen molar-refractivity contribution in [3.05, 3.63) is 35.7 Å². The summed E-state index contributed by atoms with van der Waals surface area (Å²) in [5.41, 5.74) is 2.08. The van der Waals surface area contributed by atoms with Crippen LogP contribution in [0, 0.1) is 6.92 Å². The predicted molar refractivity (Wildman–Crippen MR) is 93.1 cm³/mol. The second-order valence-electron chi connectivity index (χ2n) is 6.21. The number of amides is 1. The van der Waals surface area contributed by atoms with Gasteiger partial charge < -0.3 is 14.1 Å². The zero-order chi connectivity index (χ0) is 17.8. The maximum Gasteiger partial charge on any atom is 0.409 e. The molecular formula is C18H24N4O3. The molecule has 0 N–H and O–H groups in total. The van der Waals surface area contributed by atoms with Gasteiger partial charge in [-0.15, -0.1) is 10.2 Å². The number of ether oxygens (including phenoxy) is 1. The average Bonchev–Trinajstić information content (AvgIpc) is 3.11. The van der Waals surface area contributed by atoms with Crippen LogP contribution in [0.2, 0.25) is 0 Å². The van der Waals surface area contributed by atoms with Crippen molar-refractivity contribution in [2.45, 2.75) is 26.8 Å². The number of aromatic nitrogens is 2. The van der Waals surface area contributed by atoms with E-state index in [2.05, 4.69) is 15.1 Å². The topological polar surface area (TPSA) is 71.7 Å². The molecule has 3 rings (SSSR count). The van der Waals surface area contributed by atoms with E-state index in [-0.39, 0.29) is 12.1 Å². The molecule has 7 nitrogen and oxygen atoms in total. The van der Waals surface area contributed by atoms with Crippen molar-refractivity contribution in [2.24, 2.45) is 0 Å². The minimum atomic E-state index is -0.241. The van der Waals surface area contributed by atoms with E-state index in [4.69, 9.17) is 9.15 Å². The van der Waals surface area contributed by atoms with Crippen LogP contribution in [-0.2, 0) is 4.74 Å². The van der Waals surface area contributed by atoms with E-state index in [0.717, 1.165) is 24.2 Å². The van der Waals surface area contributed by atoms with E-state index >= 15 is 0 Å². The quantitative estimate of drug-likeness (QED) is 0.849. The molecule has 1 atom stereocenters. The van der Waals surface area contributed by atoms with Gasteiger partial charge in [-0.1, -0.05) is 17.7 Å². The summed E-state index contributed by atoms with van der Waals surface area (Å²) < 4.78 is 10.9. The Morgan fingerprint density at radius 2 is 2.04 bits per heavy atom. The lowest BCUT2D eigenvalue weighted by Crippen LogP contribution is -2.49. The van der Waals surface area contributed by atoms with Crippen molar-refractivity contribution in [1.29, 1.82) is 0 Å². The molecule has 7 heteroatoms. The molecule has 2 heterocycles. The minimum Gasteiger partial charge on any atom is -0.450 e. The summed E-state index contributed by atoms with van der Waals surface area (Å²) in [7, 11) is 0. The van der Waals surface area contributed by atoms with Crippen LogP contribution in [0.1, 0.15) is 31.3 Å². The Balaban J connectivity index is 1.63. The van der Waals surface area contributed by atoms with Gasteiger partial charge in [0, 0.05) is 31.7 Å². The molecule has 0 radical (unpaired) electrons. The van der Waals surface area contributed by atoms with Gasteiger partial charge in [0.05, 0.1) is 12.6 Å². The number of rotatable bonds is 4. The van der Waals surface area contributed by atoms with Crippen LogP contribution < -0.4 is 0 Å². The van der Waals surface area contributed by atoms with Gasteiger partial charge in [-0.05, 0) is 32.9 Å². The highest BCUT2D eigenvalue weighted by Gasteiger charge is 2.28. The Morgan fingerprint density at radius 3 is 2.72 bits per heavy atom. The van der Waals surface area contributed by atoms with Crippen LogP contribution in [0.3, 0.4) is 0 Å². The maximum atomic E-state index is 11.8. The van der Waals surface area contributed by atoms with Gasteiger partial charge in [0.1, 0.15) is 0 Å². The van der Waals surface area contributed by atoms with Gasteiger partial charge in [-0.3, -0.25) is 4.90 Å². The van der Waals surface area contributed by atoms with Crippen molar-refractivity contribution in [3.63, 3.8) is 0 Å². The molecule has 1 aromatic carbocycles. The van der Waals surface area contributed by atoms with Gasteiger partial charge in [0.15, 0.2) is 0 Å². The van der Waals surface area contributed by atoms with Crippen molar-refractivity contribution in [2.75, 3.05) is 32.8 Å². The number of benzene rings is 1. The molecule has 2 aromatic rings. The van der Waals surface area contributed by atoms with Gasteiger partial charge in [0.2, 0.25) is 11.8 Å². The molecule has 1 aliphatic rings. The third-order valence-corrected chi connectivity index (χ3v) is 4.45. The molecule has 25 heavy (non-hydrogen) atoms. The summed E-state index contributed by atoms with van der Waals surface area (Å²) in [5, 5.41) is 8.40. The van der Waals surface area contributed by atoms with Gasteiger partial charge in [0.25, 0.3) is 0 Å². The fourth-order valence-corrected chi connectivity index (χ4v) is 2.96. The predicted octanol–water partition coefficient (Wildman–Crippen LogP) is 2.88. The van der Waals surface area contributed by atoms with Gasteiger partial charge >= 0.3 is 6.09 Å². The molecule has 1 aromatic heterocycles. The van der Waals surface area contributed by atoms with Crippen LogP contribution in [0.15, 0.2) is 28.7 Å². The second kappa shape index (κ2) is 7.65. The number of carbonyl (C=O) groups excluding carboxylic acids is 1. The highest BCUT2D eigenvalue weighted by molar-refractivity contribution is 5.67. The zero-order valence-corrected chi connectivity index (χ0v) is 14.9. The lowest BCUT2D eigenvalue weighted by molar-refractivity contribution is 0.0642. The molecule has 0 bridgehead atoms. The van der Waals surface area contributed by atoms with Crippen LogP contribution in [0.25, 0.3) is 11.5 Å². The molecule has 1 saturated heterocycles. The molecule has 1 aliphatic heterocycles. The number of nitrogens with zero attached hydrogens (tertiary/aromatic N) is 4. The minimum absolute atomic E-state index is 0.00963. The van der Waals surface area contributed by atoms with Crippen LogP contribution in [-0.4, -0.2) is 58.9 Å². The second-order valence-corrected chi connectivity index (χ2v) is 6.21. The smallest absolute Gasteiger partial charge is 0.409 e. The highest BCUT2D eigenvalue weighted by atomic mass is 16.6. The van der Waals surface area contributed by atoms with E-state index < -0.39 is 0 Å². The Morgan fingerprint density at radius 1 is 1.28 bits per heavy atom. The first-order chi connectivity index (χ1) is 12.1. The number of carbonyl (C=O) groups is 1. The number of aryl methyl sites for hydroxylation is 1. The van der Waals surface area contributed by atoms with Gasteiger partial charge in [-0.25, -0.2) is 4.79 Å². The van der Waals surface area contributed by atoms with E-state index in [0.29, 0.717) is 31.5 Å². The first-order valence-corrected chi connectivity index (χ1v) is 8.64. The maximum absolute atomic E-state index is 11.8. The zero-order valence-electron chi connectivity index (χ0n) is 14.9. The molecule has 0 aliphatic carbocycles. The molecule has 0 saturated carbocycles. The summed E-state index contributed by atoms with van der Waals surface area (Å²) >= 11 is 0. The fraction of sp³-hybridized carbons (Fsp3) is 0.500. The summed E-state index contributed by atoms with van der Waals surface area (Å²) in [4.78, 5) is 15.8. The van der Waals surface area contributed by atoms with Crippen molar-refractivity contribution in [1.82, 2.24) is 20.0 Å². The molecule has 0 spiro atoms. The van der Waals surface area contributed by atoms with E-state index in [9.17, 15) is 4.79 Å². The number of piperazine rings is 1. The largest absolute Gasteiger partial charge is 0.450 e. The molecule has 0 unspecified atom stereocenters. The first kappa shape index (κ1) is 17.4. The van der Waals surface area contributed by atoms with E-state index in [1.807, 2.05) is 45.0 Å². The summed E-state index contributed by atoms with van der Waals surface area (Å²) in [6, 6.07) is 8.02. The van der Waals surface area contributed by atoms with Crippen LogP contribution in [0.4, 0.5) is 4.79 Å². The normalized spacial score (nSPS) is 16.7. The standard InChI is InChI=1S/C18H24N4O3/c1-4-24-18(23)22-10-8-21(9-11-22)14(3)16-19-20-17(25-16)15-7-5-6-13(2)12-15/h5-7,12,14H,4,8-11H2,1-3H3/t14-/m0/s1. The highest BCUT2D eigenvalue weighted by Crippen LogP contribution is 2.25. The molecule has 1 fully saturated rings. The third kappa shape index (κ3) is 3.99. The van der Waals surface area contributed by atoms with Crippen LogP contribution in [0.5, 0.6) is 0 Å². The molecule has 134 valence electrons. The lowest BCUT2D eigenvalue weighted by Gasteiger charge is -2.36. The van der Waals surface area contributed by atoms with Crippen molar-refractivity contribution >= 4 is 6.09 Å². The lowest BCUT2D eigenvalue weighted by atomic mass is 10.1. The summed E-state index contributed by atoms with van der Waals surface area (Å²) in [6.45, 7) is 9.09. The summed E-state index contributed by atoms with van der Waals surface area (Å²) in [6.07, 6.45) is -0.241. The molecule has 1 amide bonds. The van der Waals surface area contributed by atoms with E-state index in [1.54, 1.807) is 4.90 Å². The monoisotopic (exact) mass is 344 g/mol. The summed E-state index contributed by atoms with van der Waals surface area (Å²) in [5.74, 6) is 1.14. The number of hydrogen-bond donors (Lipinski definition) is 0. The molecular weight excluding hydrogens is 320 g/mol. The number of hydrogen-bond acceptors (Lipinski definition) is 6. The first-order valence-electron chi connectivity index (χ1n) is 8.64. The van der Waals surface area contributed by atoms with Crippen LogP contribution >= 0.6 is 0 Å². The SMILES string of the molecule is CCOC(=O)N1CCN([C@@H](C)c2nnc(-c3cccc(C)c3)o2)CC1. The Kier molecular flexibility index (Phi) is 5.33. The fourth-order valence-electron chi connectivity index (χ4n) is 2.96. The third-order valence-electron chi connectivity index (χ3n) is 4.45. The average molecular weight is 344 g/mol. The Bertz CT molecular complexity index is 723. The van der Waals surface area contributed by atoms with Crippen molar-refractivity contribution < 1.29 is 13.9 Å². The van der Waals surface area contributed by atoms with Crippen molar-refractivity contribution in [3.8, 4) is 11.5 Å². The Hall–Kier alpha value is -2.41. The van der Waals surface area contributed by atoms with Gasteiger partial charge in [-0.2, -0.15) is 0 Å². The Labute approximate surface area is 147 Å². The van der Waals surface area contributed by atoms with E-state index in [1.165, 1.54) is 0 Å².